The Hall–Kier alpha value is -2.60. The van der Waals surface area contributed by atoms with E-state index in [0.717, 1.165) is 34.1 Å². The average Bonchev–Trinajstić information content (AvgIpc) is 3.12. The van der Waals surface area contributed by atoms with Crippen molar-refractivity contribution in [2.45, 2.75) is 6.92 Å². The third kappa shape index (κ3) is 2.08. The van der Waals surface area contributed by atoms with E-state index in [1.807, 2.05) is 47.9 Å². The number of aromatic amines is 1. The number of aromatic nitrogens is 3. The Labute approximate surface area is 132 Å². The molecule has 1 aliphatic heterocycles. The molecule has 1 aromatic heterocycles. The number of hydrogen-bond acceptors (Lipinski definition) is 4. The van der Waals surface area contributed by atoms with Gasteiger partial charge in [0.2, 0.25) is 6.79 Å². The van der Waals surface area contributed by atoms with E-state index in [1.54, 1.807) is 0 Å². The standard InChI is InChI=1S/C16H13N3O2S/c1-10-3-2-4-12(7-10)19-15(17-18-16(19)22)11-5-6-13-14(8-11)21-9-20-13/h2-8H,9H2,1H3,(H,18,22). The van der Waals surface area contributed by atoms with Gasteiger partial charge in [-0.15, -0.1) is 0 Å². The zero-order chi connectivity index (χ0) is 15.1. The number of fused-ring (bicyclic) bond motifs is 1. The summed E-state index contributed by atoms with van der Waals surface area (Å²) in [5.41, 5.74) is 3.06. The summed E-state index contributed by atoms with van der Waals surface area (Å²) in [5.74, 6) is 2.22. The molecule has 3 aromatic rings. The lowest BCUT2D eigenvalue weighted by Crippen LogP contribution is -1.98. The normalized spacial score (nSPS) is 12.6. The van der Waals surface area contributed by atoms with Crippen molar-refractivity contribution < 1.29 is 9.47 Å². The summed E-state index contributed by atoms with van der Waals surface area (Å²) in [4.78, 5) is 0. The van der Waals surface area contributed by atoms with Crippen LogP contribution in [0.15, 0.2) is 42.5 Å². The Balaban J connectivity index is 1.89. The lowest BCUT2D eigenvalue weighted by Gasteiger charge is -2.08. The summed E-state index contributed by atoms with van der Waals surface area (Å²) < 4.78 is 13.3. The molecule has 2 aromatic carbocycles. The molecule has 110 valence electrons. The molecule has 0 saturated heterocycles. The number of nitrogens with zero attached hydrogens (tertiary/aromatic N) is 2. The minimum atomic E-state index is 0.253. The predicted molar refractivity (Wildman–Crippen MR) is 85.0 cm³/mol. The van der Waals surface area contributed by atoms with Crippen LogP contribution in [-0.4, -0.2) is 21.6 Å². The van der Waals surface area contributed by atoms with Crippen LogP contribution in [-0.2, 0) is 0 Å². The molecule has 0 aliphatic carbocycles. The van der Waals surface area contributed by atoms with Crippen molar-refractivity contribution in [3.63, 3.8) is 0 Å². The van der Waals surface area contributed by atoms with Gasteiger partial charge in [-0.05, 0) is 55.0 Å². The maximum absolute atomic E-state index is 5.44. The van der Waals surface area contributed by atoms with Gasteiger partial charge in [0.15, 0.2) is 22.1 Å². The number of nitrogens with one attached hydrogen (secondary N) is 1. The first-order valence-corrected chi connectivity index (χ1v) is 7.28. The summed E-state index contributed by atoms with van der Waals surface area (Å²) >= 11 is 5.39. The van der Waals surface area contributed by atoms with E-state index in [1.165, 1.54) is 0 Å². The Bertz CT molecular complexity index is 914. The van der Waals surface area contributed by atoms with E-state index in [2.05, 4.69) is 16.3 Å². The van der Waals surface area contributed by atoms with Crippen molar-refractivity contribution in [1.82, 2.24) is 14.8 Å². The van der Waals surface area contributed by atoms with Gasteiger partial charge in [-0.3, -0.25) is 9.67 Å². The van der Waals surface area contributed by atoms with Gasteiger partial charge in [0, 0.05) is 5.56 Å². The van der Waals surface area contributed by atoms with Crippen LogP contribution >= 0.6 is 12.2 Å². The summed E-state index contributed by atoms with van der Waals surface area (Å²) in [6.45, 7) is 2.30. The molecule has 2 heterocycles. The third-order valence-corrected chi connectivity index (χ3v) is 3.84. The number of aryl methyl sites for hydroxylation is 1. The molecule has 0 saturated carbocycles. The maximum atomic E-state index is 5.44. The third-order valence-electron chi connectivity index (χ3n) is 3.56. The second-order valence-corrected chi connectivity index (χ2v) is 5.48. The number of hydrogen-bond donors (Lipinski definition) is 1. The monoisotopic (exact) mass is 311 g/mol. The van der Waals surface area contributed by atoms with Crippen molar-refractivity contribution in [2.24, 2.45) is 0 Å². The molecule has 1 aliphatic rings. The first-order valence-electron chi connectivity index (χ1n) is 6.87. The Morgan fingerprint density at radius 2 is 2.00 bits per heavy atom. The van der Waals surface area contributed by atoms with E-state index in [4.69, 9.17) is 21.7 Å². The van der Waals surface area contributed by atoms with Gasteiger partial charge < -0.3 is 9.47 Å². The van der Waals surface area contributed by atoms with Crippen LogP contribution in [0, 0.1) is 11.7 Å². The fourth-order valence-electron chi connectivity index (χ4n) is 2.53. The van der Waals surface area contributed by atoms with Gasteiger partial charge in [0.05, 0.1) is 5.69 Å². The van der Waals surface area contributed by atoms with E-state index in [0.29, 0.717) is 4.77 Å². The molecule has 4 rings (SSSR count). The molecular formula is C16H13N3O2S. The van der Waals surface area contributed by atoms with Crippen LogP contribution in [0.3, 0.4) is 0 Å². The predicted octanol–water partition coefficient (Wildman–Crippen LogP) is 3.63. The largest absolute Gasteiger partial charge is 0.454 e. The molecule has 5 nitrogen and oxygen atoms in total. The summed E-state index contributed by atoms with van der Waals surface area (Å²) in [5, 5.41) is 7.23. The van der Waals surface area contributed by atoms with Crippen LogP contribution in [0.25, 0.3) is 17.1 Å². The lowest BCUT2D eigenvalue weighted by molar-refractivity contribution is 0.174. The molecule has 0 spiro atoms. The molecule has 1 N–H and O–H groups in total. The minimum absolute atomic E-state index is 0.253. The summed E-state index contributed by atoms with van der Waals surface area (Å²) in [6.07, 6.45) is 0. The number of ether oxygens (including phenoxy) is 2. The Morgan fingerprint density at radius 1 is 1.14 bits per heavy atom. The van der Waals surface area contributed by atoms with Crippen LogP contribution in [0.4, 0.5) is 0 Å². The zero-order valence-corrected chi connectivity index (χ0v) is 12.7. The zero-order valence-electron chi connectivity index (χ0n) is 11.9. The highest BCUT2D eigenvalue weighted by molar-refractivity contribution is 7.71. The SMILES string of the molecule is Cc1cccc(-n2c(-c3ccc4c(c3)OCO4)n[nH]c2=S)c1. The summed E-state index contributed by atoms with van der Waals surface area (Å²) in [7, 11) is 0. The van der Waals surface area contributed by atoms with Gasteiger partial charge in [0.25, 0.3) is 0 Å². The second kappa shape index (κ2) is 4.99. The highest BCUT2D eigenvalue weighted by atomic mass is 32.1. The quantitative estimate of drug-likeness (QED) is 0.734. The molecular weight excluding hydrogens is 298 g/mol. The van der Waals surface area contributed by atoms with Crippen molar-refractivity contribution in [3.05, 3.63) is 52.8 Å². The van der Waals surface area contributed by atoms with Crippen molar-refractivity contribution in [1.29, 1.82) is 0 Å². The number of benzene rings is 2. The molecule has 0 amide bonds. The fraction of sp³-hybridized carbons (Fsp3) is 0.125. The van der Waals surface area contributed by atoms with Crippen molar-refractivity contribution >= 4 is 12.2 Å². The highest BCUT2D eigenvalue weighted by Gasteiger charge is 2.17. The molecule has 0 radical (unpaired) electrons. The number of H-pyrrole nitrogens is 1. The minimum Gasteiger partial charge on any atom is -0.454 e. The van der Waals surface area contributed by atoms with Gasteiger partial charge >= 0.3 is 0 Å². The average molecular weight is 311 g/mol. The Kier molecular flexibility index (Phi) is 2.97. The summed E-state index contributed by atoms with van der Waals surface area (Å²) in [6, 6.07) is 13.9. The first kappa shape index (κ1) is 13.1. The van der Waals surface area contributed by atoms with E-state index >= 15 is 0 Å². The number of rotatable bonds is 2. The molecule has 0 fully saturated rings. The van der Waals surface area contributed by atoms with E-state index in [-0.39, 0.29) is 6.79 Å². The Morgan fingerprint density at radius 3 is 2.86 bits per heavy atom. The highest BCUT2D eigenvalue weighted by Crippen LogP contribution is 2.35. The van der Waals surface area contributed by atoms with Crippen LogP contribution in [0.1, 0.15) is 5.56 Å². The van der Waals surface area contributed by atoms with Crippen molar-refractivity contribution in [2.75, 3.05) is 6.79 Å². The smallest absolute Gasteiger partial charge is 0.231 e. The molecule has 0 bridgehead atoms. The molecule has 22 heavy (non-hydrogen) atoms. The second-order valence-electron chi connectivity index (χ2n) is 5.09. The molecule has 6 heteroatoms. The van der Waals surface area contributed by atoms with Gasteiger partial charge in [0.1, 0.15) is 0 Å². The van der Waals surface area contributed by atoms with Crippen LogP contribution in [0.2, 0.25) is 0 Å². The van der Waals surface area contributed by atoms with Gasteiger partial charge in [-0.1, -0.05) is 12.1 Å². The van der Waals surface area contributed by atoms with E-state index < -0.39 is 0 Å². The van der Waals surface area contributed by atoms with Crippen LogP contribution in [0.5, 0.6) is 11.5 Å². The topological polar surface area (TPSA) is 52.1 Å². The van der Waals surface area contributed by atoms with Gasteiger partial charge in [-0.2, -0.15) is 5.10 Å². The van der Waals surface area contributed by atoms with E-state index in [9.17, 15) is 0 Å². The first-order chi connectivity index (χ1) is 10.7. The van der Waals surface area contributed by atoms with Gasteiger partial charge in [-0.25, -0.2) is 0 Å². The molecule has 0 unspecified atom stereocenters. The maximum Gasteiger partial charge on any atom is 0.231 e. The van der Waals surface area contributed by atoms with Crippen LogP contribution < -0.4 is 9.47 Å². The lowest BCUT2D eigenvalue weighted by atomic mass is 10.1. The van der Waals surface area contributed by atoms with Crippen molar-refractivity contribution in [3.8, 4) is 28.6 Å². The molecule has 0 atom stereocenters. The fourth-order valence-corrected chi connectivity index (χ4v) is 2.77.